The van der Waals surface area contributed by atoms with Crippen LogP contribution in [-0.2, 0) is 13.0 Å². The number of hydrogen-bond acceptors (Lipinski definition) is 3. The summed E-state index contributed by atoms with van der Waals surface area (Å²) in [6, 6.07) is 17.8. The van der Waals surface area contributed by atoms with Crippen LogP contribution in [0.5, 0.6) is 0 Å². The molecule has 0 atom stereocenters. The molecule has 1 saturated carbocycles. The van der Waals surface area contributed by atoms with E-state index in [0.29, 0.717) is 19.5 Å². The summed E-state index contributed by atoms with van der Waals surface area (Å²) in [5.41, 5.74) is 2.56. The minimum Gasteiger partial charge on any atom is -0.361 e. The van der Waals surface area contributed by atoms with Crippen molar-refractivity contribution in [2.45, 2.75) is 31.8 Å². The number of carbonyl (C=O) groups is 2. The summed E-state index contributed by atoms with van der Waals surface area (Å²) >= 11 is 0. The summed E-state index contributed by atoms with van der Waals surface area (Å²) in [7, 11) is 0. The Labute approximate surface area is 196 Å². The predicted octanol–water partition coefficient (Wildman–Crippen LogP) is 3.24. The molecule has 2 aromatic carbocycles. The van der Waals surface area contributed by atoms with Gasteiger partial charge in [-0.1, -0.05) is 48.5 Å². The maximum atomic E-state index is 13.1. The fourth-order valence-electron chi connectivity index (χ4n) is 4.08. The zero-order valence-electron chi connectivity index (χ0n) is 18.7. The van der Waals surface area contributed by atoms with Crippen molar-refractivity contribution in [3.63, 3.8) is 0 Å². The van der Waals surface area contributed by atoms with Gasteiger partial charge in [-0.25, -0.2) is 0 Å². The molecule has 172 valence electrons. The number of nitrogens with zero attached hydrogens (tertiary/aromatic N) is 1. The first-order valence-electron chi connectivity index (χ1n) is 11.5. The molecule has 5 rings (SSSR count). The average molecular weight is 455 g/mol. The number of nitrogens with one attached hydrogen (secondary N) is 3. The molecule has 2 amide bonds. The van der Waals surface area contributed by atoms with E-state index in [1.807, 2.05) is 60.8 Å². The Hall–Kier alpha value is -4.13. The topological polar surface area (TPSA) is 96.0 Å². The van der Waals surface area contributed by atoms with Gasteiger partial charge in [-0.2, -0.15) is 0 Å². The van der Waals surface area contributed by atoms with Gasteiger partial charge in [-0.15, -0.1) is 0 Å². The molecule has 0 aliphatic heterocycles. The number of aromatic amines is 1. The molecule has 2 aromatic heterocycles. The van der Waals surface area contributed by atoms with Crippen LogP contribution >= 0.6 is 0 Å². The van der Waals surface area contributed by atoms with Gasteiger partial charge in [0.15, 0.2) is 0 Å². The Morgan fingerprint density at radius 2 is 1.65 bits per heavy atom. The van der Waals surface area contributed by atoms with Gasteiger partial charge < -0.3 is 20.2 Å². The molecule has 34 heavy (non-hydrogen) atoms. The van der Waals surface area contributed by atoms with E-state index in [0.717, 1.165) is 34.9 Å². The Bertz CT molecular complexity index is 1400. The molecule has 0 radical (unpaired) electrons. The Morgan fingerprint density at radius 3 is 2.41 bits per heavy atom. The number of H-pyrrole nitrogens is 1. The highest BCUT2D eigenvalue weighted by atomic mass is 16.2. The summed E-state index contributed by atoms with van der Waals surface area (Å²) in [6.07, 6.45) is 7.46. The van der Waals surface area contributed by atoms with Crippen molar-refractivity contribution in [1.29, 1.82) is 0 Å². The standard InChI is InChI=1S/C27H26N4O3/c32-25-22(26(33)28-13-12-19-14-29-24-9-5-4-8-21(19)24)16-31(15-18-6-2-1-3-7-18)17-23(25)27(34)30-20-10-11-20/h1-9,14,16-17,20,29H,10-13,15H2,(H,28,33)(H,30,34). The highest BCUT2D eigenvalue weighted by Gasteiger charge is 2.26. The number of hydrogen-bond donors (Lipinski definition) is 3. The lowest BCUT2D eigenvalue weighted by molar-refractivity contribution is 0.0949. The van der Waals surface area contributed by atoms with E-state index in [1.54, 1.807) is 4.57 Å². The number of aromatic nitrogens is 2. The van der Waals surface area contributed by atoms with Gasteiger partial charge in [-0.05, 0) is 36.5 Å². The maximum absolute atomic E-state index is 13.1. The van der Waals surface area contributed by atoms with E-state index < -0.39 is 17.2 Å². The first-order chi connectivity index (χ1) is 16.6. The van der Waals surface area contributed by atoms with Crippen molar-refractivity contribution in [1.82, 2.24) is 20.2 Å². The van der Waals surface area contributed by atoms with Crippen LogP contribution in [0.15, 0.2) is 78.0 Å². The number of benzene rings is 2. The lowest BCUT2D eigenvalue weighted by atomic mass is 10.1. The third-order valence-corrected chi connectivity index (χ3v) is 6.04. The number of para-hydroxylation sites is 1. The average Bonchev–Trinajstić information content (AvgIpc) is 3.57. The first-order valence-corrected chi connectivity index (χ1v) is 11.5. The second-order valence-corrected chi connectivity index (χ2v) is 8.69. The number of fused-ring (bicyclic) bond motifs is 1. The second-order valence-electron chi connectivity index (χ2n) is 8.69. The van der Waals surface area contributed by atoms with Crippen LogP contribution in [-0.4, -0.2) is 34.0 Å². The Balaban J connectivity index is 1.36. The smallest absolute Gasteiger partial charge is 0.256 e. The van der Waals surface area contributed by atoms with Crippen molar-refractivity contribution >= 4 is 22.7 Å². The molecule has 4 aromatic rings. The fourth-order valence-corrected chi connectivity index (χ4v) is 4.08. The third kappa shape index (κ3) is 4.78. The molecular weight excluding hydrogens is 428 g/mol. The quantitative estimate of drug-likeness (QED) is 0.381. The molecule has 7 heteroatoms. The number of amides is 2. The van der Waals surface area contributed by atoms with E-state index >= 15 is 0 Å². The monoisotopic (exact) mass is 454 g/mol. The van der Waals surface area contributed by atoms with E-state index in [1.165, 1.54) is 12.4 Å². The molecule has 0 saturated heterocycles. The zero-order chi connectivity index (χ0) is 23.5. The zero-order valence-corrected chi connectivity index (χ0v) is 18.7. The highest BCUT2D eigenvalue weighted by Crippen LogP contribution is 2.19. The first kappa shape index (κ1) is 21.7. The minimum atomic E-state index is -0.549. The van der Waals surface area contributed by atoms with Crippen LogP contribution in [0.2, 0.25) is 0 Å². The molecule has 2 heterocycles. The second kappa shape index (κ2) is 9.39. The predicted molar refractivity (Wildman–Crippen MR) is 131 cm³/mol. The highest BCUT2D eigenvalue weighted by molar-refractivity contribution is 5.99. The van der Waals surface area contributed by atoms with Crippen LogP contribution in [0.4, 0.5) is 0 Å². The van der Waals surface area contributed by atoms with Crippen LogP contribution in [0.3, 0.4) is 0 Å². The van der Waals surface area contributed by atoms with Gasteiger partial charge in [0.25, 0.3) is 11.8 Å². The van der Waals surface area contributed by atoms with Crippen molar-refractivity contribution in [3.05, 3.63) is 106 Å². The fraction of sp³-hybridized carbons (Fsp3) is 0.222. The number of carbonyl (C=O) groups excluding carboxylic acids is 2. The molecule has 7 nitrogen and oxygen atoms in total. The number of pyridine rings is 1. The van der Waals surface area contributed by atoms with Crippen LogP contribution in [0, 0.1) is 0 Å². The van der Waals surface area contributed by atoms with E-state index in [2.05, 4.69) is 15.6 Å². The lowest BCUT2D eigenvalue weighted by Gasteiger charge is -2.13. The molecule has 0 bridgehead atoms. The molecule has 1 fully saturated rings. The van der Waals surface area contributed by atoms with Crippen LogP contribution in [0.1, 0.15) is 44.7 Å². The van der Waals surface area contributed by atoms with Crippen LogP contribution in [0.25, 0.3) is 10.9 Å². The van der Waals surface area contributed by atoms with E-state index in [9.17, 15) is 14.4 Å². The summed E-state index contributed by atoms with van der Waals surface area (Å²) < 4.78 is 1.73. The van der Waals surface area contributed by atoms with Gasteiger partial charge in [0.2, 0.25) is 5.43 Å². The SMILES string of the molecule is O=C(NCCc1c[nH]c2ccccc12)c1cn(Cc2ccccc2)cc(C(=O)NC2CC2)c1=O. The summed E-state index contributed by atoms with van der Waals surface area (Å²) in [4.78, 5) is 42.1. The maximum Gasteiger partial charge on any atom is 0.256 e. The van der Waals surface area contributed by atoms with E-state index in [-0.39, 0.29) is 17.2 Å². The van der Waals surface area contributed by atoms with Gasteiger partial charge >= 0.3 is 0 Å². The molecular formula is C27H26N4O3. The molecule has 1 aliphatic carbocycles. The Kier molecular flexibility index (Phi) is 5.99. The van der Waals surface area contributed by atoms with Gasteiger partial charge in [0.1, 0.15) is 11.1 Å². The largest absolute Gasteiger partial charge is 0.361 e. The van der Waals surface area contributed by atoms with Crippen LogP contribution < -0.4 is 16.1 Å². The summed E-state index contributed by atoms with van der Waals surface area (Å²) in [5.74, 6) is -0.907. The summed E-state index contributed by atoms with van der Waals surface area (Å²) in [5, 5.41) is 6.83. The van der Waals surface area contributed by atoms with Crippen molar-refractivity contribution in [2.24, 2.45) is 0 Å². The van der Waals surface area contributed by atoms with Gasteiger partial charge in [0, 0.05) is 48.6 Å². The molecule has 0 spiro atoms. The van der Waals surface area contributed by atoms with Gasteiger partial charge in [0.05, 0.1) is 0 Å². The summed E-state index contributed by atoms with van der Waals surface area (Å²) in [6.45, 7) is 0.817. The number of rotatable bonds is 8. The third-order valence-electron chi connectivity index (χ3n) is 6.04. The lowest BCUT2D eigenvalue weighted by Crippen LogP contribution is -2.36. The Morgan fingerprint density at radius 1 is 0.941 bits per heavy atom. The normalized spacial score (nSPS) is 13.1. The van der Waals surface area contributed by atoms with Crippen molar-refractivity contribution in [3.8, 4) is 0 Å². The molecule has 3 N–H and O–H groups in total. The minimum absolute atomic E-state index is 0.00731. The van der Waals surface area contributed by atoms with E-state index in [4.69, 9.17) is 0 Å². The molecule has 1 aliphatic rings. The van der Waals surface area contributed by atoms with Crippen molar-refractivity contribution in [2.75, 3.05) is 6.54 Å². The van der Waals surface area contributed by atoms with Gasteiger partial charge in [-0.3, -0.25) is 14.4 Å². The molecule has 0 unspecified atom stereocenters. The van der Waals surface area contributed by atoms with Crippen molar-refractivity contribution < 1.29 is 9.59 Å².